The summed E-state index contributed by atoms with van der Waals surface area (Å²) in [6, 6.07) is 5.44. The summed E-state index contributed by atoms with van der Waals surface area (Å²) >= 11 is 3.42. The minimum absolute atomic E-state index is 0.0423. The van der Waals surface area contributed by atoms with Crippen LogP contribution < -0.4 is 15.0 Å². The van der Waals surface area contributed by atoms with Gasteiger partial charge in [-0.3, -0.25) is 9.59 Å². The van der Waals surface area contributed by atoms with E-state index in [0.29, 0.717) is 30.3 Å². The van der Waals surface area contributed by atoms with Crippen LogP contribution in [0.1, 0.15) is 6.42 Å². The zero-order valence-corrected chi connectivity index (χ0v) is 11.8. The monoisotopic (exact) mass is 324 g/mol. The van der Waals surface area contributed by atoms with Crippen molar-refractivity contribution in [2.24, 2.45) is 5.92 Å². The van der Waals surface area contributed by atoms with Crippen molar-refractivity contribution in [2.45, 2.75) is 6.42 Å². The molecule has 0 bridgehead atoms. The van der Waals surface area contributed by atoms with Gasteiger partial charge in [-0.15, -0.1) is 0 Å². The van der Waals surface area contributed by atoms with Gasteiger partial charge in [0.05, 0.1) is 5.69 Å². The van der Waals surface area contributed by atoms with Crippen LogP contribution in [0.2, 0.25) is 0 Å². The maximum atomic E-state index is 12.0. The zero-order chi connectivity index (χ0) is 13.4. The number of alkyl halides is 1. The van der Waals surface area contributed by atoms with Crippen LogP contribution in [0.5, 0.6) is 5.75 Å². The summed E-state index contributed by atoms with van der Waals surface area (Å²) in [7, 11) is 0. The molecule has 6 heteroatoms. The third kappa shape index (κ3) is 2.32. The van der Waals surface area contributed by atoms with E-state index < -0.39 is 0 Å². The van der Waals surface area contributed by atoms with Gasteiger partial charge in [0.2, 0.25) is 5.91 Å². The number of benzene rings is 1. The highest BCUT2D eigenvalue weighted by Gasteiger charge is 2.30. The highest BCUT2D eigenvalue weighted by Crippen LogP contribution is 2.34. The molecule has 1 N–H and O–H groups in total. The molecule has 0 aromatic heterocycles. The molecule has 0 radical (unpaired) electrons. The van der Waals surface area contributed by atoms with Gasteiger partial charge in [0.1, 0.15) is 5.75 Å². The lowest BCUT2D eigenvalue weighted by Crippen LogP contribution is -2.27. The second kappa shape index (κ2) is 4.85. The molecule has 2 heterocycles. The number of carbonyl (C=O) groups excluding carboxylic acids is 2. The topological polar surface area (TPSA) is 58.6 Å². The lowest BCUT2D eigenvalue weighted by molar-refractivity contribution is -0.118. The van der Waals surface area contributed by atoms with Crippen molar-refractivity contribution in [3.63, 3.8) is 0 Å². The molecule has 0 spiro atoms. The van der Waals surface area contributed by atoms with Crippen molar-refractivity contribution in [1.82, 2.24) is 0 Å². The number of hydrogen-bond acceptors (Lipinski definition) is 3. The Morgan fingerprint density at radius 1 is 1.42 bits per heavy atom. The van der Waals surface area contributed by atoms with E-state index in [1.54, 1.807) is 17.0 Å². The lowest BCUT2D eigenvalue weighted by Gasteiger charge is -2.22. The lowest BCUT2D eigenvalue weighted by atomic mass is 10.2. The molecule has 0 aliphatic carbocycles. The number of nitrogens with zero attached hydrogens (tertiary/aromatic N) is 1. The Balaban J connectivity index is 1.88. The normalized spacial score (nSPS) is 21.9. The van der Waals surface area contributed by atoms with Crippen molar-refractivity contribution >= 4 is 39.1 Å². The summed E-state index contributed by atoms with van der Waals surface area (Å²) in [6.07, 6.45) is 0.561. The molecule has 1 atom stereocenters. The Labute approximate surface area is 119 Å². The summed E-state index contributed by atoms with van der Waals surface area (Å²) in [5.74, 6) is 0.935. The van der Waals surface area contributed by atoms with E-state index in [-0.39, 0.29) is 18.4 Å². The highest BCUT2D eigenvalue weighted by molar-refractivity contribution is 9.09. The first-order chi connectivity index (χ1) is 9.17. The van der Waals surface area contributed by atoms with Gasteiger partial charge in [0.15, 0.2) is 6.61 Å². The third-order valence-corrected chi connectivity index (χ3v) is 4.25. The first-order valence-corrected chi connectivity index (χ1v) is 7.22. The molecular formula is C13H13BrN2O3. The maximum Gasteiger partial charge on any atom is 0.262 e. The summed E-state index contributed by atoms with van der Waals surface area (Å²) in [5.41, 5.74) is 1.43. The van der Waals surface area contributed by atoms with Crippen LogP contribution in [0.3, 0.4) is 0 Å². The van der Waals surface area contributed by atoms with Gasteiger partial charge < -0.3 is 15.0 Å². The van der Waals surface area contributed by atoms with Crippen LogP contribution in [0.25, 0.3) is 0 Å². The Kier molecular flexibility index (Phi) is 3.18. The van der Waals surface area contributed by atoms with E-state index in [9.17, 15) is 9.59 Å². The number of ether oxygens (including phenoxy) is 1. The van der Waals surface area contributed by atoms with Gasteiger partial charge in [-0.1, -0.05) is 15.9 Å². The smallest absolute Gasteiger partial charge is 0.262 e. The third-order valence-electron chi connectivity index (χ3n) is 3.33. The van der Waals surface area contributed by atoms with Gasteiger partial charge in [0, 0.05) is 24.0 Å². The average molecular weight is 325 g/mol. The molecule has 0 saturated carbocycles. The molecule has 1 aromatic rings. The maximum absolute atomic E-state index is 12.0. The number of rotatable bonds is 2. The molecule has 100 valence electrons. The Morgan fingerprint density at radius 3 is 3.00 bits per heavy atom. The standard InChI is InChI=1S/C13H13BrN2O3/c14-5-8-3-13(18)16(6-8)9-1-2-11-10(4-9)15-12(17)7-19-11/h1-2,4,8H,3,5-7H2,(H,15,17). The quantitative estimate of drug-likeness (QED) is 0.843. The fourth-order valence-electron chi connectivity index (χ4n) is 2.37. The summed E-state index contributed by atoms with van der Waals surface area (Å²) < 4.78 is 5.30. The van der Waals surface area contributed by atoms with Crippen LogP contribution in [-0.2, 0) is 9.59 Å². The number of nitrogens with one attached hydrogen (secondary N) is 1. The van der Waals surface area contributed by atoms with Gasteiger partial charge in [-0.25, -0.2) is 0 Å². The first-order valence-electron chi connectivity index (χ1n) is 6.10. The van der Waals surface area contributed by atoms with Gasteiger partial charge in [0.25, 0.3) is 5.91 Å². The van der Waals surface area contributed by atoms with Crippen molar-refractivity contribution in [2.75, 3.05) is 28.7 Å². The predicted octanol–water partition coefficient (Wildman–Crippen LogP) is 1.77. The molecule has 19 heavy (non-hydrogen) atoms. The zero-order valence-electron chi connectivity index (χ0n) is 10.2. The highest BCUT2D eigenvalue weighted by atomic mass is 79.9. The van der Waals surface area contributed by atoms with Crippen molar-refractivity contribution in [3.8, 4) is 5.75 Å². The molecule has 1 aromatic carbocycles. The first kappa shape index (κ1) is 12.5. The number of carbonyl (C=O) groups is 2. The van der Waals surface area contributed by atoms with Crippen LogP contribution in [0.15, 0.2) is 18.2 Å². The molecule has 5 nitrogen and oxygen atoms in total. The molecular weight excluding hydrogens is 312 g/mol. The van der Waals surface area contributed by atoms with Crippen molar-refractivity contribution < 1.29 is 14.3 Å². The van der Waals surface area contributed by atoms with E-state index in [4.69, 9.17) is 4.74 Å². The second-order valence-corrected chi connectivity index (χ2v) is 5.39. The molecule has 1 fully saturated rings. The second-order valence-electron chi connectivity index (χ2n) is 4.75. The summed E-state index contributed by atoms with van der Waals surface area (Å²) in [5, 5.41) is 3.57. The molecule has 2 aliphatic heterocycles. The molecule has 3 rings (SSSR count). The summed E-state index contributed by atoms with van der Waals surface area (Å²) in [4.78, 5) is 25.0. The predicted molar refractivity (Wildman–Crippen MR) is 74.8 cm³/mol. The van der Waals surface area contributed by atoms with E-state index >= 15 is 0 Å². The van der Waals surface area contributed by atoms with E-state index in [2.05, 4.69) is 21.2 Å². The Bertz CT molecular complexity index is 547. The largest absolute Gasteiger partial charge is 0.482 e. The molecule has 2 amide bonds. The van der Waals surface area contributed by atoms with Gasteiger partial charge in [-0.05, 0) is 24.1 Å². The minimum atomic E-state index is -0.171. The van der Waals surface area contributed by atoms with E-state index in [1.165, 1.54) is 0 Å². The minimum Gasteiger partial charge on any atom is -0.482 e. The van der Waals surface area contributed by atoms with Crippen LogP contribution >= 0.6 is 15.9 Å². The Hall–Kier alpha value is -1.56. The fourth-order valence-corrected chi connectivity index (χ4v) is 2.81. The SMILES string of the molecule is O=C1COc2ccc(N3CC(CBr)CC3=O)cc2N1. The van der Waals surface area contributed by atoms with Crippen LogP contribution in [-0.4, -0.2) is 30.3 Å². The fraction of sp³-hybridized carbons (Fsp3) is 0.385. The van der Waals surface area contributed by atoms with E-state index in [0.717, 1.165) is 11.0 Å². The molecule has 1 unspecified atom stereocenters. The number of anilines is 2. The van der Waals surface area contributed by atoms with Crippen LogP contribution in [0.4, 0.5) is 11.4 Å². The van der Waals surface area contributed by atoms with E-state index in [1.807, 2.05) is 6.07 Å². The molecule has 2 aliphatic rings. The number of hydrogen-bond donors (Lipinski definition) is 1. The van der Waals surface area contributed by atoms with Gasteiger partial charge >= 0.3 is 0 Å². The molecule has 1 saturated heterocycles. The summed E-state index contributed by atoms with van der Waals surface area (Å²) in [6.45, 7) is 0.748. The van der Waals surface area contributed by atoms with Crippen LogP contribution in [0, 0.1) is 5.92 Å². The number of fused-ring (bicyclic) bond motifs is 1. The number of amides is 2. The van der Waals surface area contributed by atoms with Gasteiger partial charge in [-0.2, -0.15) is 0 Å². The Morgan fingerprint density at radius 2 is 2.26 bits per heavy atom. The average Bonchev–Trinajstić information content (AvgIpc) is 2.79. The van der Waals surface area contributed by atoms with Crippen molar-refractivity contribution in [3.05, 3.63) is 18.2 Å². The number of halogens is 1. The van der Waals surface area contributed by atoms with Crippen molar-refractivity contribution in [1.29, 1.82) is 0 Å².